The Balaban J connectivity index is 1.63. The molecule has 0 aliphatic carbocycles. The molecule has 138 valence electrons. The monoisotopic (exact) mass is 349 g/mol. The van der Waals surface area contributed by atoms with Crippen LogP contribution in [0.4, 0.5) is 0 Å². The van der Waals surface area contributed by atoms with Crippen molar-refractivity contribution in [2.24, 2.45) is 5.92 Å². The molecule has 0 unspecified atom stereocenters. The van der Waals surface area contributed by atoms with E-state index in [1.54, 1.807) is 7.11 Å². The van der Waals surface area contributed by atoms with Crippen molar-refractivity contribution in [3.8, 4) is 0 Å². The van der Waals surface area contributed by atoms with Crippen LogP contribution >= 0.6 is 0 Å². The van der Waals surface area contributed by atoms with Gasteiger partial charge in [-0.1, -0.05) is 5.16 Å². The molecule has 0 aromatic carbocycles. The smallest absolute Gasteiger partial charge is 0.227 e. The fourth-order valence-corrected chi connectivity index (χ4v) is 3.98. The standard InChI is InChI=1S/C18H27N3O4/c1-12-16(13(2)25-19-12)6-7-17(22)20-10-14-4-5-15(11-20)21(18(14)23)8-9-24-3/h14-15H,4-11H2,1-3H3/t14-,15+/m1/s1. The topological polar surface area (TPSA) is 75.9 Å². The maximum Gasteiger partial charge on any atom is 0.227 e. The summed E-state index contributed by atoms with van der Waals surface area (Å²) >= 11 is 0. The minimum atomic E-state index is -0.0707. The first-order valence-corrected chi connectivity index (χ1v) is 9.00. The average Bonchev–Trinajstić information content (AvgIpc) is 2.78. The Labute approximate surface area is 148 Å². The Kier molecular flexibility index (Phi) is 5.42. The molecule has 25 heavy (non-hydrogen) atoms. The van der Waals surface area contributed by atoms with Crippen LogP contribution in [0.2, 0.25) is 0 Å². The predicted molar refractivity (Wildman–Crippen MR) is 91.0 cm³/mol. The molecule has 1 aromatic rings. The van der Waals surface area contributed by atoms with Crippen LogP contribution < -0.4 is 0 Å². The fourth-order valence-electron chi connectivity index (χ4n) is 3.98. The van der Waals surface area contributed by atoms with Gasteiger partial charge in [0.05, 0.1) is 18.2 Å². The van der Waals surface area contributed by atoms with Gasteiger partial charge >= 0.3 is 0 Å². The normalized spacial score (nSPS) is 23.2. The van der Waals surface area contributed by atoms with Gasteiger partial charge in [-0.2, -0.15) is 0 Å². The van der Waals surface area contributed by atoms with Gasteiger partial charge in [0.2, 0.25) is 11.8 Å². The maximum absolute atomic E-state index is 12.7. The van der Waals surface area contributed by atoms with Gasteiger partial charge < -0.3 is 19.1 Å². The summed E-state index contributed by atoms with van der Waals surface area (Å²) in [6.07, 6.45) is 2.90. The number of rotatable bonds is 6. The molecule has 2 amide bonds. The molecule has 2 atom stereocenters. The van der Waals surface area contributed by atoms with Crippen LogP contribution in [0.3, 0.4) is 0 Å². The lowest BCUT2D eigenvalue weighted by atomic mass is 9.94. The van der Waals surface area contributed by atoms with E-state index in [4.69, 9.17) is 9.26 Å². The number of piperidine rings is 1. The van der Waals surface area contributed by atoms with Crippen LogP contribution in [0.1, 0.15) is 36.3 Å². The summed E-state index contributed by atoms with van der Waals surface area (Å²) in [5.41, 5.74) is 1.87. The zero-order valence-corrected chi connectivity index (χ0v) is 15.3. The Morgan fingerprint density at radius 2 is 2.12 bits per heavy atom. The first kappa shape index (κ1) is 17.9. The molecule has 7 heteroatoms. The number of carbonyl (C=O) groups is 2. The highest BCUT2D eigenvalue weighted by molar-refractivity contribution is 5.83. The highest BCUT2D eigenvalue weighted by Gasteiger charge is 2.41. The van der Waals surface area contributed by atoms with E-state index in [1.807, 2.05) is 23.6 Å². The Hall–Kier alpha value is -1.89. The van der Waals surface area contributed by atoms with Crippen molar-refractivity contribution in [3.05, 3.63) is 17.0 Å². The number of aromatic nitrogens is 1. The second kappa shape index (κ2) is 7.56. The first-order valence-electron chi connectivity index (χ1n) is 9.00. The molecule has 3 aliphatic rings. The summed E-state index contributed by atoms with van der Waals surface area (Å²) in [5, 5.41) is 3.94. The molecular formula is C18H27N3O4. The number of methoxy groups -OCH3 is 1. The number of nitrogens with zero attached hydrogens (tertiary/aromatic N) is 3. The molecule has 4 heterocycles. The minimum absolute atomic E-state index is 0.0707. The van der Waals surface area contributed by atoms with E-state index in [0.717, 1.165) is 29.9 Å². The molecule has 0 N–H and O–H groups in total. The Bertz CT molecular complexity index is 623. The summed E-state index contributed by atoms with van der Waals surface area (Å²) in [5.74, 6) is 0.994. The lowest BCUT2D eigenvalue weighted by Gasteiger charge is -2.35. The first-order chi connectivity index (χ1) is 12.0. The summed E-state index contributed by atoms with van der Waals surface area (Å²) in [6, 6.07) is 0.115. The highest BCUT2D eigenvalue weighted by atomic mass is 16.5. The summed E-state index contributed by atoms with van der Waals surface area (Å²) in [7, 11) is 1.64. The highest BCUT2D eigenvalue weighted by Crippen LogP contribution is 2.29. The largest absolute Gasteiger partial charge is 0.383 e. The minimum Gasteiger partial charge on any atom is -0.383 e. The van der Waals surface area contributed by atoms with Gasteiger partial charge in [-0.15, -0.1) is 0 Å². The molecule has 0 spiro atoms. The number of hydrogen-bond acceptors (Lipinski definition) is 5. The lowest BCUT2D eigenvalue weighted by Crippen LogP contribution is -2.49. The van der Waals surface area contributed by atoms with Crippen molar-refractivity contribution in [3.63, 3.8) is 0 Å². The Morgan fingerprint density at radius 3 is 2.80 bits per heavy atom. The molecule has 3 saturated heterocycles. The molecule has 0 radical (unpaired) electrons. The van der Waals surface area contributed by atoms with Crippen molar-refractivity contribution >= 4 is 11.8 Å². The number of carbonyl (C=O) groups excluding carboxylic acids is 2. The van der Waals surface area contributed by atoms with Crippen LogP contribution in [0, 0.1) is 19.8 Å². The van der Waals surface area contributed by atoms with Crippen LogP contribution in [-0.4, -0.2) is 66.2 Å². The van der Waals surface area contributed by atoms with Gasteiger partial charge in [-0.25, -0.2) is 0 Å². The van der Waals surface area contributed by atoms with E-state index < -0.39 is 0 Å². The van der Waals surface area contributed by atoms with E-state index in [2.05, 4.69) is 5.16 Å². The van der Waals surface area contributed by atoms with E-state index in [0.29, 0.717) is 39.1 Å². The van der Waals surface area contributed by atoms with Crippen molar-refractivity contribution in [2.75, 3.05) is 33.4 Å². The number of aryl methyl sites for hydroxylation is 2. The van der Waals surface area contributed by atoms with E-state index in [-0.39, 0.29) is 23.8 Å². The lowest BCUT2D eigenvalue weighted by molar-refractivity contribution is -0.140. The quantitative estimate of drug-likeness (QED) is 0.774. The number of hydrogen-bond donors (Lipinski definition) is 0. The second-order valence-electron chi connectivity index (χ2n) is 7.05. The molecule has 7 nitrogen and oxygen atoms in total. The molecule has 4 rings (SSSR count). The van der Waals surface area contributed by atoms with Crippen molar-refractivity contribution in [1.29, 1.82) is 0 Å². The molecule has 2 bridgehead atoms. The molecule has 3 aliphatic heterocycles. The van der Waals surface area contributed by atoms with Gasteiger partial charge in [0.1, 0.15) is 5.76 Å². The Morgan fingerprint density at radius 1 is 1.32 bits per heavy atom. The zero-order valence-electron chi connectivity index (χ0n) is 15.3. The predicted octanol–water partition coefficient (Wildman–Crippen LogP) is 1.32. The van der Waals surface area contributed by atoms with E-state index in [9.17, 15) is 9.59 Å². The van der Waals surface area contributed by atoms with Gasteiger partial charge in [0.15, 0.2) is 0 Å². The summed E-state index contributed by atoms with van der Waals surface area (Å²) in [6.45, 7) is 6.09. The number of fused-ring (bicyclic) bond motifs is 4. The van der Waals surface area contributed by atoms with Gasteiger partial charge in [-0.05, 0) is 33.1 Å². The summed E-state index contributed by atoms with van der Waals surface area (Å²) in [4.78, 5) is 29.2. The SMILES string of the molecule is COCCN1C(=O)[C@@H]2CC[C@H]1CN(C(=O)CCc1c(C)noc1C)C2. The van der Waals surface area contributed by atoms with Crippen LogP contribution in [0.5, 0.6) is 0 Å². The van der Waals surface area contributed by atoms with Gasteiger partial charge in [-0.3, -0.25) is 9.59 Å². The van der Waals surface area contributed by atoms with Crippen molar-refractivity contribution in [1.82, 2.24) is 15.0 Å². The number of ether oxygens (including phenoxy) is 1. The van der Waals surface area contributed by atoms with Gasteiger partial charge in [0, 0.05) is 44.8 Å². The van der Waals surface area contributed by atoms with Crippen molar-refractivity contribution in [2.45, 2.75) is 45.6 Å². The molecular weight excluding hydrogens is 322 g/mol. The van der Waals surface area contributed by atoms with Crippen molar-refractivity contribution < 1.29 is 18.8 Å². The average molecular weight is 349 g/mol. The number of amides is 2. The van der Waals surface area contributed by atoms with E-state index >= 15 is 0 Å². The molecule has 3 fully saturated rings. The third-order valence-electron chi connectivity index (χ3n) is 5.45. The van der Waals surface area contributed by atoms with E-state index in [1.165, 1.54) is 0 Å². The van der Waals surface area contributed by atoms with Gasteiger partial charge in [0.25, 0.3) is 0 Å². The van der Waals surface area contributed by atoms with Crippen LogP contribution in [0.25, 0.3) is 0 Å². The fraction of sp³-hybridized carbons (Fsp3) is 0.722. The third kappa shape index (κ3) is 3.71. The summed E-state index contributed by atoms with van der Waals surface area (Å²) < 4.78 is 10.3. The van der Waals surface area contributed by atoms with Crippen LogP contribution in [0.15, 0.2) is 4.52 Å². The molecule has 1 aromatic heterocycles. The second-order valence-corrected chi connectivity index (χ2v) is 7.05. The maximum atomic E-state index is 12.7. The zero-order chi connectivity index (χ0) is 18.0. The van der Waals surface area contributed by atoms with Crippen LogP contribution in [-0.2, 0) is 20.7 Å². The third-order valence-corrected chi connectivity index (χ3v) is 5.45. The molecule has 0 saturated carbocycles.